The van der Waals surface area contributed by atoms with E-state index in [-0.39, 0.29) is 25.9 Å². The van der Waals surface area contributed by atoms with Crippen LogP contribution >= 0.6 is 0 Å². The molecule has 6 aromatic carbocycles. The predicted octanol–water partition coefficient (Wildman–Crippen LogP) is 11.3. The van der Waals surface area contributed by atoms with Crippen molar-refractivity contribution in [2.75, 3.05) is 0 Å². The van der Waals surface area contributed by atoms with E-state index in [2.05, 4.69) is 89.9 Å². The van der Waals surface area contributed by atoms with E-state index in [1.54, 1.807) is 12.1 Å². The Morgan fingerprint density at radius 3 is 2.19 bits per heavy atom. The minimum Gasteiger partial charge on any atom is -0.500 e. The number of aromatic nitrogens is 3. The van der Waals surface area contributed by atoms with Crippen molar-refractivity contribution in [3.63, 3.8) is 0 Å². The van der Waals surface area contributed by atoms with Gasteiger partial charge in [-0.05, 0) is 46.3 Å². The summed E-state index contributed by atoms with van der Waals surface area (Å²) in [5.74, 6) is 0.553. The molecule has 0 atom stereocenters. The summed E-state index contributed by atoms with van der Waals surface area (Å²) < 4.78 is 22.4. The zero-order valence-corrected chi connectivity index (χ0v) is 33.0. The molecule has 0 bridgehead atoms. The molecule has 3 heterocycles. The normalized spacial score (nSPS) is 11.3. The Bertz CT molecular complexity index is 2630. The van der Waals surface area contributed by atoms with Gasteiger partial charge in [-0.3, -0.25) is 4.98 Å². The Morgan fingerprint density at radius 1 is 0.698 bits per heavy atom. The van der Waals surface area contributed by atoms with Gasteiger partial charge in [0.1, 0.15) is 11.4 Å². The number of para-hydroxylation sites is 3. The molecule has 263 valence electrons. The minimum atomic E-state index is -1.23. The number of nitrogens with zero attached hydrogens (tertiary/aromatic N) is 3. The van der Waals surface area contributed by atoms with Gasteiger partial charge < -0.3 is 14.0 Å². The average Bonchev–Trinajstić information content (AvgIpc) is 3.74. The number of fused-ring (bicyclic) bond motifs is 4. The molecule has 0 saturated carbocycles. The smallest absolute Gasteiger partial charge is 0.128 e. The number of rotatable bonds is 6. The summed E-state index contributed by atoms with van der Waals surface area (Å²) >= 11 is 0. The van der Waals surface area contributed by atoms with Crippen molar-refractivity contribution in [2.24, 2.45) is 0 Å². The molecule has 0 saturated heterocycles. The SMILES string of the molecule is C[Si](C)(C)c1ccc(-c2[c-]cccc2)nc1.Fc1ccc(-c2cccc3c2oc2c(-c4nc5ccccc5n4Cc4ccccc4)[c-]ccc23)cc1.[Ir]. The second-order valence-corrected chi connectivity index (χ2v) is 18.9. The van der Waals surface area contributed by atoms with E-state index in [9.17, 15) is 4.39 Å². The first kappa shape index (κ1) is 35.9. The van der Waals surface area contributed by atoms with Crippen molar-refractivity contribution in [1.82, 2.24) is 14.5 Å². The van der Waals surface area contributed by atoms with Crippen LogP contribution in [0.3, 0.4) is 0 Å². The molecule has 1 radical (unpaired) electrons. The fourth-order valence-corrected chi connectivity index (χ4v) is 7.56. The molecular weight excluding hydrogens is 850 g/mol. The number of halogens is 1. The quantitative estimate of drug-likeness (QED) is 0.123. The van der Waals surface area contributed by atoms with Gasteiger partial charge in [-0.15, -0.1) is 54.1 Å². The van der Waals surface area contributed by atoms with Crippen LogP contribution < -0.4 is 5.19 Å². The molecule has 0 fully saturated rings. The Hall–Kier alpha value is -5.46. The molecule has 0 aliphatic rings. The average molecular weight is 886 g/mol. The summed E-state index contributed by atoms with van der Waals surface area (Å²) in [6.45, 7) is 7.68. The number of benzene rings is 6. The van der Waals surface area contributed by atoms with Crippen molar-refractivity contribution >= 4 is 46.2 Å². The van der Waals surface area contributed by atoms with Crippen LogP contribution in [0.4, 0.5) is 4.39 Å². The summed E-state index contributed by atoms with van der Waals surface area (Å²) in [4.78, 5) is 9.54. The Morgan fingerprint density at radius 2 is 1.45 bits per heavy atom. The topological polar surface area (TPSA) is 43.9 Å². The molecule has 9 aromatic rings. The minimum absolute atomic E-state index is 0. The van der Waals surface area contributed by atoms with Crippen molar-refractivity contribution in [3.8, 4) is 33.8 Å². The van der Waals surface area contributed by atoms with E-state index < -0.39 is 8.07 Å². The molecule has 0 N–H and O–H groups in total. The monoisotopic (exact) mass is 886 g/mol. The molecular formula is C46H36FIrN3OSi-2. The van der Waals surface area contributed by atoms with Crippen LogP contribution in [-0.2, 0) is 26.7 Å². The Labute approximate surface area is 323 Å². The standard InChI is InChI=1S/C32H20FN2O.C14H16NSi.Ir/c33-23-18-16-22(17-19-23)24-10-6-11-25-26-12-7-13-27(31(26)36-30(24)25)32-34-28-14-4-5-15-29(28)35(32)20-21-8-2-1-3-9-21;1-16(2,3)13-9-10-14(15-11-13)12-7-5-4-6-8-12;/h1-12,14-19H,20H2;4-7,9-11H,1-3H3;/q2*-1;. The molecule has 9 rings (SSSR count). The van der Waals surface area contributed by atoms with Crippen molar-refractivity contribution in [3.05, 3.63) is 175 Å². The fourth-order valence-electron chi connectivity index (χ4n) is 6.53. The maximum Gasteiger partial charge on any atom is 0.128 e. The summed E-state index contributed by atoms with van der Waals surface area (Å²) in [5, 5.41) is 3.40. The van der Waals surface area contributed by atoms with Gasteiger partial charge in [-0.1, -0.05) is 116 Å². The van der Waals surface area contributed by atoms with Crippen LogP contribution in [-0.4, -0.2) is 22.6 Å². The van der Waals surface area contributed by atoms with Crippen LogP contribution in [0.2, 0.25) is 19.6 Å². The van der Waals surface area contributed by atoms with Crippen molar-refractivity contribution in [1.29, 1.82) is 0 Å². The largest absolute Gasteiger partial charge is 0.500 e. The third kappa shape index (κ3) is 7.42. The van der Waals surface area contributed by atoms with Gasteiger partial charge in [0.2, 0.25) is 0 Å². The van der Waals surface area contributed by atoms with E-state index in [1.165, 1.54) is 22.9 Å². The van der Waals surface area contributed by atoms with Crippen LogP contribution in [0.5, 0.6) is 0 Å². The van der Waals surface area contributed by atoms with Gasteiger partial charge in [0, 0.05) is 43.8 Å². The molecule has 7 heteroatoms. The first-order valence-corrected chi connectivity index (χ1v) is 20.9. The fraction of sp³-hybridized carbons (Fsp3) is 0.0870. The zero-order chi connectivity index (χ0) is 35.7. The van der Waals surface area contributed by atoms with Crippen LogP contribution in [0.1, 0.15) is 5.56 Å². The molecule has 4 nitrogen and oxygen atoms in total. The van der Waals surface area contributed by atoms with Gasteiger partial charge in [0.25, 0.3) is 0 Å². The number of pyridine rings is 1. The second kappa shape index (κ2) is 15.3. The van der Waals surface area contributed by atoms with E-state index in [4.69, 9.17) is 9.40 Å². The number of furan rings is 1. The predicted molar refractivity (Wildman–Crippen MR) is 214 cm³/mol. The Kier molecular flexibility index (Phi) is 10.3. The van der Waals surface area contributed by atoms with Crippen LogP contribution in [0.15, 0.2) is 156 Å². The van der Waals surface area contributed by atoms with Gasteiger partial charge in [-0.2, -0.15) is 0 Å². The van der Waals surface area contributed by atoms with E-state index in [0.717, 1.165) is 66.7 Å². The first-order valence-electron chi connectivity index (χ1n) is 17.4. The summed E-state index contributed by atoms with van der Waals surface area (Å²) in [5.41, 5.74) is 9.40. The molecule has 0 amide bonds. The first-order chi connectivity index (χ1) is 25.3. The van der Waals surface area contributed by atoms with Crippen LogP contribution in [0, 0.1) is 17.9 Å². The third-order valence-electron chi connectivity index (χ3n) is 9.29. The van der Waals surface area contributed by atoms with Gasteiger partial charge in [0.15, 0.2) is 0 Å². The van der Waals surface area contributed by atoms with E-state index >= 15 is 0 Å². The van der Waals surface area contributed by atoms with Crippen molar-refractivity contribution < 1.29 is 28.9 Å². The molecule has 53 heavy (non-hydrogen) atoms. The number of hydrogen-bond acceptors (Lipinski definition) is 3. The van der Waals surface area contributed by atoms with Gasteiger partial charge in [-0.25, -0.2) is 4.39 Å². The molecule has 0 aliphatic carbocycles. The summed E-state index contributed by atoms with van der Waals surface area (Å²) in [6, 6.07) is 54.0. The number of hydrogen-bond donors (Lipinski definition) is 0. The molecule has 0 spiro atoms. The maximum absolute atomic E-state index is 13.6. The second-order valence-electron chi connectivity index (χ2n) is 13.8. The zero-order valence-electron chi connectivity index (χ0n) is 29.6. The van der Waals surface area contributed by atoms with E-state index in [1.807, 2.05) is 79.0 Å². The summed E-state index contributed by atoms with van der Waals surface area (Å²) in [7, 11) is -1.23. The van der Waals surface area contributed by atoms with Gasteiger partial charge >= 0.3 is 0 Å². The van der Waals surface area contributed by atoms with Crippen LogP contribution in [0.25, 0.3) is 66.7 Å². The Balaban J connectivity index is 0.000000216. The molecule has 0 aliphatic heterocycles. The summed E-state index contributed by atoms with van der Waals surface area (Å²) in [6.07, 6.45) is 2.02. The van der Waals surface area contributed by atoms with Crippen molar-refractivity contribution in [2.45, 2.75) is 26.2 Å². The third-order valence-corrected chi connectivity index (χ3v) is 11.3. The van der Waals surface area contributed by atoms with Gasteiger partial charge in [0.05, 0.1) is 30.5 Å². The molecule has 3 aromatic heterocycles. The van der Waals surface area contributed by atoms with E-state index in [0.29, 0.717) is 6.54 Å². The number of imidazole rings is 1. The maximum atomic E-state index is 13.6. The molecule has 0 unspecified atom stereocenters.